The van der Waals surface area contributed by atoms with Crippen LogP contribution in [0.3, 0.4) is 0 Å². The molecule has 0 aliphatic carbocycles. The van der Waals surface area contributed by atoms with E-state index in [1.165, 1.54) is 0 Å². The van der Waals surface area contributed by atoms with Crippen LogP contribution in [0.2, 0.25) is 18.1 Å². The van der Waals surface area contributed by atoms with E-state index in [9.17, 15) is 0 Å². The highest BCUT2D eigenvalue weighted by molar-refractivity contribution is 6.74. The summed E-state index contributed by atoms with van der Waals surface area (Å²) in [5.74, 6) is 0. The molecule has 2 aromatic carbocycles. The Morgan fingerprint density at radius 1 is 0.781 bits per heavy atom. The van der Waals surface area contributed by atoms with Crippen molar-refractivity contribution in [1.82, 2.24) is 0 Å². The molecule has 4 rings (SSSR count). The van der Waals surface area contributed by atoms with Crippen LogP contribution in [0.1, 0.15) is 31.9 Å². The van der Waals surface area contributed by atoms with Gasteiger partial charge in [-0.05, 0) is 29.3 Å². The van der Waals surface area contributed by atoms with Crippen molar-refractivity contribution in [2.45, 2.75) is 82.8 Å². The number of benzene rings is 2. The monoisotopic (exact) mass is 456 g/mol. The molecule has 0 amide bonds. The van der Waals surface area contributed by atoms with Crippen LogP contribution < -0.4 is 0 Å². The van der Waals surface area contributed by atoms with Crippen LogP contribution in [0, 0.1) is 0 Å². The fourth-order valence-corrected chi connectivity index (χ4v) is 4.86. The maximum Gasteiger partial charge on any atom is 0.192 e. The Bertz CT molecular complexity index is 852. The van der Waals surface area contributed by atoms with Gasteiger partial charge in [0.2, 0.25) is 0 Å². The molecule has 5 nitrogen and oxygen atoms in total. The molecule has 2 aromatic rings. The topological polar surface area (TPSA) is 46.2 Å². The molecule has 174 valence electrons. The lowest BCUT2D eigenvalue weighted by Crippen LogP contribution is -2.51. The SMILES string of the molecule is CC(C)(C)[Si](C)(C)OC[C@H]1O[C@H]2O[C@@H]1[C@H](OCc1ccccc1)[C@H]2OCc1ccccc1. The molecule has 0 radical (unpaired) electrons. The molecular weight excluding hydrogens is 420 g/mol. The highest BCUT2D eigenvalue weighted by Crippen LogP contribution is 2.41. The predicted octanol–water partition coefficient (Wildman–Crippen LogP) is 5.30. The van der Waals surface area contributed by atoms with E-state index in [2.05, 4.69) is 58.1 Å². The minimum Gasteiger partial charge on any atom is -0.414 e. The van der Waals surface area contributed by atoms with E-state index in [1.807, 2.05) is 36.4 Å². The summed E-state index contributed by atoms with van der Waals surface area (Å²) >= 11 is 0. The van der Waals surface area contributed by atoms with Gasteiger partial charge < -0.3 is 23.4 Å². The van der Waals surface area contributed by atoms with Crippen LogP contribution in [0.25, 0.3) is 0 Å². The summed E-state index contributed by atoms with van der Waals surface area (Å²) in [5, 5.41) is 0.149. The second-order valence-corrected chi connectivity index (χ2v) is 15.0. The summed E-state index contributed by atoms with van der Waals surface area (Å²) in [4.78, 5) is 0. The van der Waals surface area contributed by atoms with E-state index in [0.717, 1.165) is 11.1 Å². The quantitative estimate of drug-likeness (QED) is 0.479. The molecule has 0 spiro atoms. The first kappa shape index (κ1) is 23.6. The van der Waals surface area contributed by atoms with Crippen molar-refractivity contribution in [3.63, 3.8) is 0 Å². The minimum absolute atomic E-state index is 0.147. The second-order valence-electron chi connectivity index (χ2n) is 10.2. The van der Waals surface area contributed by atoms with Crippen molar-refractivity contribution in [1.29, 1.82) is 0 Å². The smallest absolute Gasteiger partial charge is 0.192 e. The number of rotatable bonds is 9. The average molecular weight is 457 g/mol. The molecule has 2 fully saturated rings. The normalized spacial score (nSPS) is 27.7. The lowest BCUT2D eigenvalue weighted by atomic mass is 10.0. The first-order valence-electron chi connectivity index (χ1n) is 11.5. The Morgan fingerprint density at radius 2 is 1.31 bits per heavy atom. The van der Waals surface area contributed by atoms with Crippen LogP contribution >= 0.6 is 0 Å². The van der Waals surface area contributed by atoms with Crippen LogP contribution in [-0.4, -0.2) is 45.6 Å². The van der Waals surface area contributed by atoms with Crippen molar-refractivity contribution in [3.8, 4) is 0 Å². The molecule has 0 unspecified atom stereocenters. The lowest BCUT2D eigenvalue weighted by Gasteiger charge is -2.38. The van der Waals surface area contributed by atoms with Crippen LogP contribution in [0.4, 0.5) is 0 Å². The maximum atomic E-state index is 6.44. The molecule has 0 saturated carbocycles. The maximum absolute atomic E-state index is 6.44. The Morgan fingerprint density at radius 3 is 1.84 bits per heavy atom. The van der Waals surface area contributed by atoms with Gasteiger partial charge in [0.05, 0.1) is 19.8 Å². The third-order valence-corrected chi connectivity index (χ3v) is 11.4. The molecule has 0 N–H and O–H groups in total. The zero-order valence-electron chi connectivity index (χ0n) is 19.8. The molecule has 2 aliphatic rings. The largest absolute Gasteiger partial charge is 0.414 e. The molecule has 32 heavy (non-hydrogen) atoms. The van der Waals surface area contributed by atoms with Crippen molar-refractivity contribution in [2.75, 3.05) is 6.61 Å². The Kier molecular flexibility index (Phi) is 7.20. The summed E-state index contributed by atoms with van der Waals surface area (Å²) in [6.45, 7) is 12.8. The number of hydrogen-bond donors (Lipinski definition) is 0. The molecule has 5 atom stereocenters. The van der Waals surface area contributed by atoms with Gasteiger partial charge in [-0.1, -0.05) is 81.4 Å². The van der Waals surface area contributed by atoms with Crippen LogP contribution in [0.5, 0.6) is 0 Å². The number of hydrogen-bond acceptors (Lipinski definition) is 5. The van der Waals surface area contributed by atoms with Gasteiger partial charge in [0.25, 0.3) is 0 Å². The highest BCUT2D eigenvalue weighted by atomic mass is 28.4. The Hall–Kier alpha value is -1.54. The summed E-state index contributed by atoms with van der Waals surface area (Å²) in [7, 11) is -1.88. The van der Waals surface area contributed by atoms with Crippen molar-refractivity contribution in [3.05, 3.63) is 71.8 Å². The van der Waals surface area contributed by atoms with Crippen molar-refractivity contribution >= 4 is 8.32 Å². The fraction of sp³-hybridized carbons (Fsp3) is 0.538. The first-order valence-corrected chi connectivity index (χ1v) is 14.4. The van der Waals surface area contributed by atoms with E-state index < -0.39 is 14.6 Å². The van der Waals surface area contributed by atoms with Crippen LogP contribution in [0.15, 0.2) is 60.7 Å². The van der Waals surface area contributed by atoms with Crippen molar-refractivity contribution in [2.24, 2.45) is 0 Å². The summed E-state index contributed by atoms with van der Waals surface area (Å²) in [5.41, 5.74) is 2.25. The molecule has 6 heteroatoms. The molecule has 2 saturated heterocycles. The summed E-state index contributed by atoms with van der Waals surface area (Å²) < 4.78 is 31.5. The van der Waals surface area contributed by atoms with Gasteiger partial charge in [0.15, 0.2) is 14.6 Å². The van der Waals surface area contributed by atoms with Gasteiger partial charge in [0, 0.05) is 0 Å². The molecule has 2 aliphatic heterocycles. The van der Waals surface area contributed by atoms with E-state index in [0.29, 0.717) is 19.8 Å². The molecule has 2 bridgehead atoms. The van der Waals surface area contributed by atoms with Crippen molar-refractivity contribution < 1.29 is 23.4 Å². The number of ether oxygens (including phenoxy) is 4. The van der Waals surface area contributed by atoms with Gasteiger partial charge in [-0.2, -0.15) is 0 Å². The third-order valence-electron chi connectivity index (χ3n) is 6.87. The highest BCUT2D eigenvalue weighted by Gasteiger charge is 2.57. The zero-order chi connectivity index (χ0) is 22.8. The van der Waals surface area contributed by atoms with E-state index in [4.69, 9.17) is 23.4 Å². The third kappa shape index (κ3) is 5.33. The summed E-state index contributed by atoms with van der Waals surface area (Å²) in [6.07, 6.45) is -1.25. The van der Waals surface area contributed by atoms with E-state index >= 15 is 0 Å². The van der Waals surface area contributed by atoms with E-state index in [1.54, 1.807) is 0 Å². The van der Waals surface area contributed by atoms with E-state index in [-0.39, 0.29) is 29.5 Å². The molecule has 2 heterocycles. The Balaban J connectivity index is 1.42. The van der Waals surface area contributed by atoms with Gasteiger partial charge >= 0.3 is 0 Å². The second kappa shape index (κ2) is 9.75. The van der Waals surface area contributed by atoms with Gasteiger partial charge in [-0.15, -0.1) is 0 Å². The molecular formula is C26H36O5Si. The standard InChI is InChI=1S/C26H36O5Si/c1-26(2,3)32(4,5)29-18-21-22-23(27-16-19-12-8-6-9-13-19)24(25(30-21)31-22)28-17-20-14-10-7-11-15-20/h6-15,21-25H,16-18H2,1-5H3/t21-,22+,23+,24-,25+/m1/s1. The van der Waals surface area contributed by atoms with Gasteiger partial charge in [-0.3, -0.25) is 0 Å². The lowest BCUT2D eigenvalue weighted by molar-refractivity contribution is -0.179. The Labute approximate surface area is 193 Å². The summed E-state index contributed by atoms with van der Waals surface area (Å²) in [6, 6.07) is 20.4. The fourth-order valence-electron chi connectivity index (χ4n) is 3.85. The first-order chi connectivity index (χ1) is 15.2. The zero-order valence-corrected chi connectivity index (χ0v) is 20.8. The van der Waals surface area contributed by atoms with Gasteiger partial charge in [0.1, 0.15) is 24.4 Å². The molecule has 0 aromatic heterocycles. The van der Waals surface area contributed by atoms with Crippen LogP contribution in [-0.2, 0) is 36.6 Å². The predicted molar refractivity (Wildman–Crippen MR) is 127 cm³/mol. The average Bonchev–Trinajstić information content (AvgIpc) is 3.34. The van der Waals surface area contributed by atoms with Gasteiger partial charge in [-0.25, -0.2) is 0 Å². The minimum atomic E-state index is -1.88. The number of fused-ring (bicyclic) bond motifs is 2.